The molecule has 4 heteroatoms. The number of nitrogens with one attached hydrogen (secondary N) is 2. The van der Waals surface area contributed by atoms with Crippen molar-refractivity contribution in [3.05, 3.63) is 0 Å². The number of nitrogens with zero attached hydrogens (tertiary/aromatic N) is 1. The maximum atomic E-state index is 12.3. The third-order valence-electron chi connectivity index (χ3n) is 6.08. The van der Waals surface area contributed by atoms with Gasteiger partial charge in [0.1, 0.15) is 0 Å². The van der Waals surface area contributed by atoms with E-state index in [1.165, 1.54) is 77.4 Å². The number of rotatable bonds is 7. The van der Waals surface area contributed by atoms with Crippen LogP contribution in [0.4, 0.5) is 0 Å². The van der Waals surface area contributed by atoms with Gasteiger partial charge in [-0.2, -0.15) is 0 Å². The summed E-state index contributed by atoms with van der Waals surface area (Å²) in [5, 5.41) is 6.73. The summed E-state index contributed by atoms with van der Waals surface area (Å²) >= 11 is 0. The Morgan fingerprint density at radius 3 is 2.65 bits per heavy atom. The lowest BCUT2D eigenvalue weighted by atomic mass is 9.85. The van der Waals surface area contributed by atoms with E-state index in [-0.39, 0.29) is 11.9 Å². The van der Waals surface area contributed by atoms with E-state index in [2.05, 4.69) is 15.5 Å². The number of unbranched alkanes of at least 4 members (excludes halogenated alkanes) is 2. The maximum Gasteiger partial charge on any atom is 0.237 e. The summed E-state index contributed by atoms with van der Waals surface area (Å²) in [6.45, 7) is 4.70. The predicted molar refractivity (Wildman–Crippen MR) is 94.4 cm³/mol. The topological polar surface area (TPSA) is 44.4 Å². The summed E-state index contributed by atoms with van der Waals surface area (Å²) in [4.78, 5) is 14.9. The Morgan fingerprint density at radius 2 is 1.83 bits per heavy atom. The first-order chi connectivity index (χ1) is 11.3. The molecule has 3 atom stereocenters. The monoisotopic (exact) mass is 321 g/mol. The minimum atomic E-state index is 0.0800. The molecule has 4 nitrogen and oxygen atoms in total. The molecule has 3 fully saturated rings. The van der Waals surface area contributed by atoms with Gasteiger partial charge in [-0.15, -0.1) is 0 Å². The number of likely N-dealkylation sites (tertiary alicyclic amines) is 1. The highest BCUT2D eigenvalue weighted by molar-refractivity contribution is 5.82. The second kappa shape index (κ2) is 9.03. The summed E-state index contributed by atoms with van der Waals surface area (Å²) in [6.07, 6.45) is 14.2. The van der Waals surface area contributed by atoms with Gasteiger partial charge in [0.2, 0.25) is 5.91 Å². The Balaban J connectivity index is 1.22. The predicted octanol–water partition coefficient (Wildman–Crippen LogP) is 2.68. The highest BCUT2D eigenvalue weighted by Crippen LogP contribution is 2.33. The standard InChI is InChI=1S/C19H35N3O/c23-19(18-15-16-9-3-4-10-17(16)21-18)20-11-5-1-6-12-22-13-7-2-8-14-22/h16-18,21H,1-15H2,(H,20,23). The molecule has 2 saturated heterocycles. The molecule has 0 aromatic rings. The minimum Gasteiger partial charge on any atom is -0.355 e. The van der Waals surface area contributed by atoms with E-state index >= 15 is 0 Å². The zero-order valence-electron chi connectivity index (χ0n) is 14.7. The number of carbonyl (C=O) groups excluding carboxylic acids is 1. The first kappa shape index (κ1) is 17.2. The molecular weight excluding hydrogens is 286 g/mol. The molecule has 3 unspecified atom stereocenters. The normalized spacial score (nSPS) is 31.7. The van der Waals surface area contributed by atoms with Crippen molar-refractivity contribution in [3.8, 4) is 0 Å². The van der Waals surface area contributed by atoms with Crippen molar-refractivity contribution in [2.75, 3.05) is 26.2 Å². The lowest BCUT2D eigenvalue weighted by Crippen LogP contribution is -2.43. The molecule has 132 valence electrons. The van der Waals surface area contributed by atoms with E-state index in [0.717, 1.165) is 25.3 Å². The summed E-state index contributed by atoms with van der Waals surface area (Å²) in [6, 6.07) is 0.695. The number of fused-ring (bicyclic) bond motifs is 1. The molecule has 0 bridgehead atoms. The van der Waals surface area contributed by atoms with Gasteiger partial charge < -0.3 is 15.5 Å². The van der Waals surface area contributed by atoms with Gasteiger partial charge in [0.25, 0.3) is 0 Å². The lowest BCUT2D eigenvalue weighted by Gasteiger charge is -2.26. The van der Waals surface area contributed by atoms with Gasteiger partial charge in [-0.3, -0.25) is 4.79 Å². The molecule has 23 heavy (non-hydrogen) atoms. The highest BCUT2D eigenvalue weighted by atomic mass is 16.2. The summed E-state index contributed by atoms with van der Waals surface area (Å²) in [7, 11) is 0. The average Bonchev–Trinajstić information content (AvgIpc) is 3.03. The van der Waals surface area contributed by atoms with E-state index in [1.54, 1.807) is 0 Å². The fourth-order valence-corrected chi connectivity index (χ4v) is 4.68. The second-order valence-electron chi connectivity index (χ2n) is 7.86. The van der Waals surface area contributed by atoms with Gasteiger partial charge in [-0.05, 0) is 70.5 Å². The average molecular weight is 322 g/mol. The van der Waals surface area contributed by atoms with Crippen LogP contribution in [0, 0.1) is 5.92 Å². The van der Waals surface area contributed by atoms with Gasteiger partial charge in [0, 0.05) is 12.6 Å². The molecule has 3 rings (SSSR count). The Hall–Kier alpha value is -0.610. The van der Waals surface area contributed by atoms with Crippen molar-refractivity contribution < 1.29 is 4.79 Å². The molecule has 2 N–H and O–H groups in total. The van der Waals surface area contributed by atoms with Crippen LogP contribution in [-0.2, 0) is 4.79 Å². The molecule has 0 radical (unpaired) electrons. The van der Waals surface area contributed by atoms with Gasteiger partial charge >= 0.3 is 0 Å². The van der Waals surface area contributed by atoms with Crippen molar-refractivity contribution in [2.24, 2.45) is 5.92 Å². The molecule has 2 aliphatic heterocycles. The zero-order valence-corrected chi connectivity index (χ0v) is 14.7. The molecule has 3 aliphatic rings. The van der Waals surface area contributed by atoms with Crippen LogP contribution in [0.2, 0.25) is 0 Å². The first-order valence-electron chi connectivity index (χ1n) is 10.1. The van der Waals surface area contributed by atoms with Crippen LogP contribution in [0.3, 0.4) is 0 Å². The summed E-state index contributed by atoms with van der Waals surface area (Å²) in [5.74, 6) is 1.000. The molecular formula is C19H35N3O. The van der Waals surface area contributed by atoms with Gasteiger partial charge in [0.15, 0.2) is 0 Å². The van der Waals surface area contributed by atoms with E-state index in [1.807, 2.05) is 0 Å². The van der Waals surface area contributed by atoms with Crippen molar-refractivity contribution >= 4 is 5.91 Å². The van der Waals surface area contributed by atoms with Gasteiger partial charge in [0.05, 0.1) is 6.04 Å². The Labute approximate surface area is 141 Å². The first-order valence-corrected chi connectivity index (χ1v) is 10.1. The fraction of sp³-hybridized carbons (Fsp3) is 0.947. The van der Waals surface area contributed by atoms with Crippen LogP contribution in [-0.4, -0.2) is 49.1 Å². The number of carbonyl (C=O) groups is 1. The fourth-order valence-electron chi connectivity index (χ4n) is 4.68. The Bertz CT molecular complexity index is 354. The van der Waals surface area contributed by atoms with Gasteiger partial charge in [-0.1, -0.05) is 25.7 Å². The SMILES string of the molecule is O=C(NCCCCCN1CCCCC1)C1CC2CCCCC2N1. The Morgan fingerprint density at radius 1 is 1.00 bits per heavy atom. The zero-order chi connectivity index (χ0) is 15.9. The van der Waals surface area contributed by atoms with Crippen molar-refractivity contribution in [3.63, 3.8) is 0 Å². The van der Waals surface area contributed by atoms with Gasteiger partial charge in [-0.25, -0.2) is 0 Å². The third kappa shape index (κ3) is 5.18. The van der Waals surface area contributed by atoms with Crippen LogP contribution >= 0.6 is 0 Å². The number of hydrogen-bond acceptors (Lipinski definition) is 3. The number of amides is 1. The van der Waals surface area contributed by atoms with E-state index < -0.39 is 0 Å². The van der Waals surface area contributed by atoms with Crippen LogP contribution in [0.5, 0.6) is 0 Å². The smallest absolute Gasteiger partial charge is 0.237 e. The summed E-state index contributed by atoms with van der Waals surface area (Å²) < 4.78 is 0. The highest BCUT2D eigenvalue weighted by Gasteiger charge is 2.37. The third-order valence-corrected chi connectivity index (χ3v) is 6.08. The number of piperidine rings is 1. The van der Waals surface area contributed by atoms with E-state index in [9.17, 15) is 4.79 Å². The number of hydrogen-bond donors (Lipinski definition) is 2. The van der Waals surface area contributed by atoms with E-state index in [4.69, 9.17) is 0 Å². The second-order valence-corrected chi connectivity index (χ2v) is 7.86. The minimum absolute atomic E-state index is 0.0800. The molecule has 1 saturated carbocycles. The molecule has 2 heterocycles. The molecule has 1 amide bonds. The Kier molecular flexibility index (Phi) is 6.76. The van der Waals surface area contributed by atoms with Crippen LogP contribution in [0.15, 0.2) is 0 Å². The van der Waals surface area contributed by atoms with Crippen molar-refractivity contribution in [1.82, 2.24) is 15.5 Å². The van der Waals surface area contributed by atoms with Crippen molar-refractivity contribution in [1.29, 1.82) is 0 Å². The van der Waals surface area contributed by atoms with Crippen LogP contribution in [0.1, 0.15) is 70.6 Å². The van der Waals surface area contributed by atoms with Crippen LogP contribution < -0.4 is 10.6 Å². The molecule has 0 aromatic carbocycles. The lowest BCUT2D eigenvalue weighted by molar-refractivity contribution is -0.122. The maximum absolute atomic E-state index is 12.3. The van der Waals surface area contributed by atoms with Crippen LogP contribution in [0.25, 0.3) is 0 Å². The van der Waals surface area contributed by atoms with E-state index in [0.29, 0.717) is 6.04 Å². The molecule has 0 spiro atoms. The largest absolute Gasteiger partial charge is 0.355 e. The van der Waals surface area contributed by atoms with Crippen molar-refractivity contribution in [2.45, 2.75) is 82.7 Å². The quantitative estimate of drug-likeness (QED) is 0.709. The molecule has 0 aromatic heterocycles. The summed E-state index contributed by atoms with van der Waals surface area (Å²) in [5.41, 5.74) is 0. The molecule has 1 aliphatic carbocycles.